The second-order valence-corrected chi connectivity index (χ2v) is 11.8. The first kappa shape index (κ1) is 29.4. The van der Waals surface area contributed by atoms with Crippen molar-refractivity contribution >= 4 is 44.6 Å². The average Bonchev–Trinajstić information content (AvgIpc) is 3.39. The van der Waals surface area contributed by atoms with Crippen molar-refractivity contribution in [3.63, 3.8) is 0 Å². The number of nitrogens with one attached hydrogen (secondary N) is 3. The highest BCUT2D eigenvalue weighted by atomic mass is 32.2. The average molecular weight is 599 g/mol. The van der Waals surface area contributed by atoms with E-state index in [1.807, 2.05) is 31.2 Å². The van der Waals surface area contributed by atoms with Crippen LogP contribution in [0.5, 0.6) is 0 Å². The first-order chi connectivity index (χ1) is 20.5. The van der Waals surface area contributed by atoms with E-state index in [1.165, 1.54) is 24.3 Å². The zero-order valence-corrected chi connectivity index (χ0v) is 24.8. The zero-order valence-electron chi connectivity index (χ0n) is 24.0. The molecule has 1 unspecified atom stereocenters. The van der Waals surface area contributed by atoms with Crippen LogP contribution in [0.15, 0.2) is 77.7 Å². The number of ether oxygens (including phenoxy) is 1. The molecular weight excluding hydrogens is 568 g/mol. The third-order valence-electron chi connectivity index (χ3n) is 6.60. The molecule has 0 radical (unpaired) electrons. The number of sulfonamides is 1. The number of esters is 1. The Morgan fingerprint density at radius 2 is 1.56 bits per heavy atom. The van der Waals surface area contributed by atoms with Crippen molar-refractivity contribution in [2.24, 2.45) is 0 Å². The fourth-order valence-electron chi connectivity index (χ4n) is 4.40. The minimum absolute atomic E-state index is 0.0270. The van der Waals surface area contributed by atoms with Crippen LogP contribution in [-0.4, -0.2) is 46.3 Å². The van der Waals surface area contributed by atoms with E-state index in [-0.39, 0.29) is 22.8 Å². The van der Waals surface area contributed by atoms with Crippen LogP contribution in [-0.2, 0) is 19.6 Å². The first-order valence-corrected chi connectivity index (χ1v) is 15.0. The summed E-state index contributed by atoms with van der Waals surface area (Å²) in [4.78, 5) is 41.9. The van der Waals surface area contributed by atoms with E-state index in [0.29, 0.717) is 33.9 Å². The largest absolute Gasteiger partial charge is 0.449 e. The maximum atomic E-state index is 13.0. The van der Waals surface area contributed by atoms with Crippen molar-refractivity contribution in [2.75, 3.05) is 10.0 Å². The highest BCUT2D eigenvalue weighted by molar-refractivity contribution is 7.92. The van der Waals surface area contributed by atoms with Crippen molar-refractivity contribution in [1.29, 1.82) is 0 Å². The Morgan fingerprint density at radius 1 is 0.884 bits per heavy atom. The molecule has 0 aliphatic rings. The number of aromatic amines is 1. The van der Waals surface area contributed by atoms with Crippen molar-refractivity contribution in [3.8, 4) is 11.4 Å². The van der Waals surface area contributed by atoms with Gasteiger partial charge in [0.05, 0.1) is 21.5 Å². The van der Waals surface area contributed by atoms with E-state index < -0.39 is 28.0 Å². The molecule has 5 rings (SSSR count). The molecule has 2 aromatic heterocycles. The Morgan fingerprint density at radius 3 is 2.21 bits per heavy atom. The normalized spacial score (nSPS) is 12.1. The molecule has 12 heteroatoms. The van der Waals surface area contributed by atoms with Crippen LogP contribution in [0.1, 0.15) is 40.7 Å². The van der Waals surface area contributed by atoms with Gasteiger partial charge in [0.15, 0.2) is 6.10 Å². The van der Waals surface area contributed by atoms with Gasteiger partial charge in [0.25, 0.3) is 15.9 Å². The Balaban J connectivity index is 1.23. The molecule has 43 heavy (non-hydrogen) atoms. The summed E-state index contributed by atoms with van der Waals surface area (Å²) in [5.41, 5.74) is 5.28. The lowest BCUT2D eigenvalue weighted by atomic mass is 10.1. The fourth-order valence-corrected chi connectivity index (χ4v) is 5.34. The van der Waals surface area contributed by atoms with Crippen LogP contribution in [0, 0.1) is 20.8 Å². The molecule has 3 N–H and O–H groups in total. The summed E-state index contributed by atoms with van der Waals surface area (Å²) in [5.74, 6) is -0.547. The highest BCUT2D eigenvalue weighted by Gasteiger charge is 2.23. The van der Waals surface area contributed by atoms with Crippen LogP contribution >= 0.6 is 0 Å². The number of carbonyl (C=O) groups excluding carboxylic acids is 2. The van der Waals surface area contributed by atoms with Gasteiger partial charge in [0, 0.05) is 22.6 Å². The van der Waals surface area contributed by atoms with Crippen molar-refractivity contribution in [2.45, 2.75) is 45.1 Å². The molecule has 2 heterocycles. The summed E-state index contributed by atoms with van der Waals surface area (Å²) in [6.45, 7) is 7.21. The van der Waals surface area contributed by atoms with Crippen LogP contribution in [0.2, 0.25) is 0 Å². The number of carbonyl (C=O) groups is 2. The van der Waals surface area contributed by atoms with Crippen LogP contribution in [0.3, 0.4) is 0 Å². The zero-order chi connectivity index (χ0) is 30.7. The lowest BCUT2D eigenvalue weighted by Gasteiger charge is -2.16. The molecule has 5 aromatic rings. The number of rotatable bonds is 9. The van der Waals surface area contributed by atoms with E-state index in [0.717, 1.165) is 11.1 Å². The number of hydrogen-bond donors (Lipinski definition) is 3. The Kier molecular flexibility index (Phi) is 8.22. The van der Waals surface area contributed by atoms with Crippen LogP contribution in [0.4, 0.5) is 11.6 Å². The molecule has 0 saturated heterocycles. The minimum atomic E-state index is -3.96. The van der Waals surface area contributed by atoms with Gasteiger partial charge in [0.1, 0.15) is 5.82 Å². The first-order valence-electron chi connectivity index (χ1n) is 13.5. The third-order valence-corrected chi connectivity index (χ3v) is 7.94. The van der Waals surface area contributed by atoms with Gasteiger partial charge < -0.3 is 15.0 Å². The molecule has 11 nitrogen and oxygen atoms in total. The monoisotopic (exact) mass is 598 g/mol. The molecule has 0 fully saturated rings. The number of hydrogen-bond acceptors (Lipinski definition) is 8. The van der Waals surface area contributed by atoms with E-state index in [4.69, 9.17) is 4.74 Å². The number of H-pyrrole nitrogens is 1. The van der Waals surface area contributed by atoms with Gasteiger partial charge in [0.2, 0.25) is 5.95 Å². The molecule has 1 atom stereocenters. The Hall–Kier alpha value is -5.10. The summed E-state index contributed by atoms with van der Waals surface area (Å²) in [6.07, 6.45) is -0.840. The summed E-state index contributed by atoms with van der Waals surface area (Å²) < 4.78 is 33.5. The van der Waals surface area contributed by atoms with Gasteiger partial charge in [-0.25, -0.2) is 32.9 Å². The van der Waals surface area contributed by atoms with Crippen molar-refractivity contribution in [3.05, 3.63) is 95.3 Å². The predicted molar refractivity (Wildman–Crippen MR) is 163 cm³/mol. The van der Waals surface area contributed by atoms with Gasteiger partial charge >= 0.3 is 5.97 Å². The van der Waals surface area contributed by atoms with E-state index in [9.17, 15) is 18.0 Å². The number of nitrogens with zero attached hydrogens (tertiary/aromatic N) is 3. The second-order valence-electron chi connectivity index (χ2n) is 10.1. The summed E-state index contributed by atoms with van der Waals surface area (Å²) in [5, 5.41) is 2.68. The molecule has 1 amide bonds. The molecule has 0 aliphatic carbocycles. The molecular formula is C31H30N6O5S. The number of imidazole rings is 1. The molecule has 0 spiro atoms. The Bertz CT molecular complexity index is 1900. The van der Waals surface area contributed by atoms with E-state index in [1.54, 1.807) is 45.0 Å². The van der Waals surface area contributed by atoms with Crippen LogP contribution in [0.25, 0.3) is 22.4 Å². The molecule has 3 aromatic carbocycles. The quantitative estimate of drug-likeness (QED) is 0.193. The maximum Gasteiger partial charge on any atom is 0.338 e. The lowest BCUT2D eigenvalue weighted by Crippen LogP contribution is -2.32. The topological polar surface area (TPSA) is 156 Å². The fraction of sp³-hybridized carbons (Fsp3) is 0.194. The Labute approximate surface area is 248 Å². The number of aromatic nitrogens is 4. The number of amides is 1. The van der Waals surface area contributed by atoms with Crippen molar-refractivity contribution in [1.82, 2.24) is 19.9 Å². The van der Waals surface area contributed by atoms with Gasteiger partial charge in [-0.05, 0) is 75.7 Å². The van der Waals surface area contributed by atoms with E-state index >= 15 is 0 Å². The van der Waals surface area contributed by atoms with Crippen LogP contribution < -0.4 is 10.0 Å². The molecule has 0 bridgehead atoms. The second kappa shape index (κ2) is 12.0. The predicted octanol–water partition coefficient (Wildman–Crippen LogP) is 5.32. The molecule has 0 aliphatic heterocycles. The number of anilines is 2. The number of aryl methyl sites for hydroxylation is 3. The maximum absolute atomic E-state index is 13.0. The summed E-state index contributed by atoms with van der Waals surface area (Å²) >= 11 is 0. The smallest absolute Gasteiger partial charge is 0.338 e. The lowest BCUT2D eigenvalue weighted by molar-refractivity contribution is -0.124. The van der Waals surface area contributed by atoms with Gasteiger partial charge in [-0.2, -0.15) is 0 Å². The highest BCUT2D eigenvalue weighted by Crippen LogP contribution is 2.23. The third kappa shape index (κ3) is 6.87. The van der Waals surface area contributed by atoms with Gasteiger partial charge in [-0.1, -0.05) is 36.8 Å². The summed E-state index contributed by atoms with van der Waals surface area (Å²) in [7, 11) is -3.96. The standard InChI is InChI=1S/C31H30N6O5S/c1-5-27(42-30(39)22-10-15-25-26(17-22)36-28(35-25)21-8-6-18(2)7-9-21)29(38)34-23-11-13-24(14-12-23)43(40,41)37-31-32-19(3)16-20(4)33-31/h6-17,27H,5H2,1-4H3,(H,34,38)(H,35,36)(H,32,33,37). The molecule has 220 valence electrons. The number of fused-ring (bicyclic) bond motifs is 1. The SMILES string of the molecule is CCC(OC(=O)c1ccc2nc(-c3ccc(C)cc3)[nH]c2c1)C(=O)Nc1ccc(S(=O)(=O)Nc2nc(C)cc(C)n2)cc1. The van der Waals surface area contributed by atoms with Gasteiger partial charge in [-0.3, -0.25) is 4.79 Å². The molecule has 0 saturated carbocycles. The minimum Gasteiger partial charge on any atom is -0.449 e. The van der Waals surface area contributed by atoms with E-state index in [2.05, 4.69) is 30.0 Å². The summed E-state index contributed by atoms with van der Waals surface area (Å²) in [6, 6.07) is 20.2. The van der Waals surface area contributed by atoms with Gasteiger partial charge in [-0.15, -0.1) is 0 Å². The van der Waals surface area contributed by atoms with Crippen molar-refractivity contribution < 1.29 is 22.7 Å². The number of benzene rings is 3.